The van der Waals surface area contributed by atoms with Crippen LogP contribution in [0.3, 0.4) is 0 Å². The van der Waals surface area contributed by atoms with Crippen molar-refractivity contribution in [1.29, 1.82) is 0 Å². The lowest BCUT2D eigenvalue weighted by Crippen LogP contribution is -2.41. The summed E-state index contributed by atoms with van der Waals surface area (Å²) in [5.41, 5.74) is -0.387. The van der Waals surface area contributed by atoms with E-state index in [1.165, 1.54) is 12.8 Å². The summed E-state index contributed by atoms with van der Waals surface area (Å²) in [6.45, 7) is 11.1. The van der Waals surface area contributed by atoms with Crippen molar-refractivity contribution in [2.45, 2.75) is 52.2 Å². The van der Waals surface area contributed by atoms with Gasteiger partial charge in [0.15, 0.2) is 0 Å². The third kappa shape index (κ3) is 6.03. The smallest absolute Gasteiger partial charge is 0.320 e. The van der Waals surface area contributed by atoms with E-state index in [1.54, 1.807) is 0 Å². The number of hydrogen-bond donors (Lipinski definition) is 1. The van der Waals surface area contributed by atoms with Gasteiger partial charge in [0, 0.05) is 12.6 Å². The van der Waals surface area contributed by atoms with Crippen LogP contribution in [0.1, 0.15) is 40.5 Å². The summed E-state index contributed by atoms with van der Waals surface area (Å²) in [5.74, 6) is -0.127. The van der Waals surface area contributed by atoms with Gasteiger partial charge in [-0.1, -0.05) is 6.92 Å². The Bertz CT molecular complexity index is 242. The van der Waals surface area contributed by atoms with Gasteiger partial charge >= 0.3 is 5.97 Å². The summed E-state index contributed by atoms with van der Waals surface area (Å²) >= 11 is 0. The van der Waals surface area contributed by atoms with Crippen molar-refractivity contribution in [3.05, 3.63) is 0 Å². The number of carbonyl (C=O) groups excluding carboxylic acids is 1. The Balaban J connectivity index is 2.32. The molecule has 1 N–H and O–H groups in total. The first kappa shape index (κ1) is 14.5. The molecule has 0 spiro atoms. The van der Waals surface area contributed by atoms with Crippen LogP contribution in [0, 0.1) is 0 Å². The van der Waals surface area contributed by atoms with E-state index < -0.39 is 0 Å². The average Bonchev–Trinajstić information content (AvgIpc) is 2.66. The SMILES string of the molecule is CCN(CC(=O)OC(C)(C)C)CC1CCCN1. The number of esters is 1. The first-order valence-electron chi connectivity index (χ1n) is 6.58. The zero-order chi connectivity index (χ0) is 12.9. The molecule has 1 heterocycles. The van der Waals surface area contributed by atoms with Gasteiger partial charge < -0.3 is 10.1 Å². The lowest BCUT2D eigenvalue weighted by molar-refractivity contribution is -0.156. The van der Waals surface area contributed by atoms with Crippen LogP contribution < -0.4 is 5.32 Å². The fraction of sp³-hybridized carbons (Fsp3) is 0.923. The van der Waals surface area contributed by atoms with Gasteiger partial charge in [0.05, 0.1) is 6.54 Å². The fourth-order valence-electron chi connectivity index (χ4n) is 2.09. The highest BCUT2D eigenvalue weighted by Gasteiger charge is 2.21. The molecular formula is C13H26N2O2. The van der Waals surface area contributed by atoms with Crippen molar-refractivity contribution in [2.24, 2.45) is 0 Å². The minimum atomic E-state index is -0.387. The number of ether oxygens (including phenoxy) is 1. The molecule has 0 saturated carbocycles. The van der Waals surface area contributed by atoms with Crippen LogP contribution >= 0.6 is 0 Å². The molecule has 0 aromatic heterocycles. The van der Waals surface area contributed by atoms with Crippen molar-refractivity contribution in [1.82, 2.24) is 10.2 Å². The number of nitrogens with one attached hydrogen (secondary N) is 1. The van der Waals surface area contributed by atoms with Crippen molar-refractivity contribution >= 4 is 5.97 Å². The van der Waals surface area contributed by atoms with E-state index in [1.807, 2.05) is 20.8 Å². The first-order valence-corrected chi connectivity index (χ1v) is 6.58. The zero-order valence-corrected chi connectivity index (χ0v) is 11.6. The van der Waals surface area contributed by atoms with E-state index in [-0.39, 0.29) is 11.6 Å². The monoisotopic (exact) mass is 242 g/mol. The molecule has 1 atom stereocenters. The second-order valence-corrected chi connectivity index (χ2v) is 5.71. The molecule has 1 saturated heterocycles. The summed E-state index contributed by atoms with van der Waals surface area (Å²) < 4.78 is 5.33. The molecule has 0 amide bonds. The standard InChI is InChI=1S/C13H26N2O2/c1-5-15(9-11-7-6-8-14-11)10-12(16)17-13(2,3)4/h11,14H,5-10H2,1-4H3. The Hall–Kier alpha value is -0.610. The second-order valence-electron chi connectivity index (χ2n) is 5.71. The summed E-state index contributed by atoms with van der Waals surface area (Å²) in [4.78, 5) is 13.9. The summed E-state index contributed by atoms with van der Waals surface area (Å²) in [6.07, 6.45) is 2.46. The van der Waals surface area contributed by atoms with Gasteiger partial charge in [-0.15, -0.1) is 0 Å². The van der Waals surface area contributed by atoms with Crippen LogP contribution in [-0.2, 0) is 9.53 Å². The lowest BCUT2D eigenvalue weighted by atomic mass is 10.2. The molecule has 1 aliphatic heterocycles. The minimum Gasteiger partial charge on any atom is -0.459 e. The zero-order valence-electron chi connectivity index (χ0n) is 11.6. The predicted molar refractivity (Wildman–Crippen MR) is 69.0 cm³/mol. The molecule has 100 valence electrons. The number of nitrogens with zero attached hydrogens (tertiary/aromatic N) is 1. The predicted octanol–water partition coefficient (Wildman–Crippen LogP) is 1.40. The Morgan fingerprint density at radius 3 is 2.65 bits per heavy atom. The van der Waals surface area contributed by atoms with Crippen molar-refractivity contribution < 1.29 is 9.53 Å². The van der Waals surface area contributed by atoms with Gasteiger partial charge in [0.1, 0.15) is 5.60 Å². The number of likely N-dealkylation sites (N-methyl/N-ethyl adjacent to an activating group) is 1. The van der Waals surface area contributed by atoms with Crippen molar-refractivity contribution in [2.75, 3.05) is 26.2 Å². The Kier molecular flexibility index (Phi) is 5.40. The Morgan fingerprint density at radius 2 is 2.18 bits per heavy atom. The van der Waals surface area contributed by atoms with E-state index >= 15 is 0 Å². The molecule has 4 nitrogen and oxygen atoms in total. The summed E-state index contributed by atoms with van der Waals surface area (Å²) in [7, 11) is 0. The average molecular weight is 242 g/mol. The molecule has 0 aromatic carbocycles. The summed E-state index contributed by atoms with van der Waals surface area (Å²) in [6, 6.07) is 0.539. The molecular weight excluding hydrogens is 216 g/mol. The lowest BCUT2D eigenvalue weighted by Gasteiger charge is -2.26. The van der Waals surface area contributed by atoms with Crippen LogP contribution in [0.4, 0.5) is 0 Å². The second kappa shape index (κ2) is 6.36. The highest BCUT2D eigenvalue weighted by Crippen LogP contribution is 2.09. The van der Waals surface area contributed by atoms with Crippen LogP contribution in [0.5, 0.6) is 0 Å². The third-order valence-corrected chi connectivity index (χ3v) is 2.86. The number of carbonyl (C=O) groups is 1. The molecule has 1 fully saturated rings. The first-order chi connectivity index (χ1) is 7.90. The molecule has 17 heavy (non-hydrogen) atoms. The van der Waals surface area contributed by atoms with Crippen molar-refractivity contribution in [3.63, 3.8) is 0 Å². The van der Waals surface area contributed by atoms with E-state index in [2.05, 4.69) is 17.1 Å². The van der Waals surface area contributed by atoms with Gasteiger partial charge in [-0.2, -0.15) is 0 Å². The highest BCUT2D eigenvalue weighted by atomic mass is 16.6. The molecule has 1 unspecified atom stereocenters. The number of hydrogen-bond acceptors (Lipinski definition) is 4. The molecule has 0 bridgehead atoms. The minimum absolute atomic E-state index is 0.127. The fourth-order valence-corrected chi connectivity index (χ4v) is 2.09. The molecule has 0 radical (unpaired) electrons. The topological polar surface area (TPSA) is 41.6 Å². The van der Waals surface area contributed by atoms with E-state index in [4.69, 9.17) is 4.74 Å². The van der Waals surface area contributed by atoms with Gasteiger partial charge in [-0.25, -0.2) is 0 Å². The highest BCUT2D eigenvalue weighted by molar-refractivity contribution is 5.72. The van der Waals surface area contributed by atoms with Crippen LogP contribution in [-0.4, -0.2) is 48.7 Å². The van der Waals surface area contributed by atoms with Gasteiger partial charge in [0.2, 0.25) is 0 Å². The Morgan fingerprint density at radius 1 is 1.47 bits per heavy atom. The van der Waals surface area contributed by atoms with E-state index in [0.717, 1.165) is 19.6 Å². The maximum atomic E-state index is 11.7. The Labute approximate surface area is 105 Å². The van der Waals surface area contributed by atoms with E-state index in [0.29, 0.717) is 12.6 Å². The molecule has 0 aromatic rings. The van der Waals surface area contributed by atoms with Gasteiger partial charge in [-0.3, -0.25) is 9.69 Å². The van der Waals surface area contributed by atoms with Crippen molar-refractivity contribution in [3.8, 4) is 0 Å². The molecule has 4 heteroatoms. The maximum absolute atomic E-state index is 11.7. The largest absolute Gasteiger partial charge is 0.459 e. The molecule has 1 rings (SSSR count). The molecule has 0 aliphatic carbocycles. The van der Waals surface area contributed by atoms with Crippen LogP contribution in [0.2, 0.25) is 0 Å². The number of rotatable bonds is 5. The van der Waals surface area contributed by atoms with Gasteiger partial charge in [0.25, 0.3) is 0 Å². The summed E-state index contributed by atoms with van der Waals surface area (Å²) in [5, 5.41) is 3.45. The van der Waals surface area contributed by atoms with Crippen LogP contribution in [0.25, 0.3) is 0 Å². The normalized spacial score (nSPS) is 20.9. The molecule has 1 aliphatic rings. The van der Waals surface area contributed by atoms with Crippen LogP contribution in [0.15, 0.2) is 0 Å². The van der Waals surface area contributed by atoms with Gasteiger partial charge in [-0.05, 0) is 46.7 Å². The maximum Gasteiger partial charge on any atom is 0.320 e. The van der Waals surface area contributed by atoms with E-state index in [9.17, 15) is 4.79 Å². The third-order valence-electron chi connectivity index (χ3n) is 2.86. The quantitative estimate of drug-likeness (QED) is 0.740.